The standard InChI is InChI=1S/C22H21FN4O2S/c23-17-6-3-16(4-7-17)5-8-21-26-18(14-24)22(29-21)25-15-19(20-2-1-13-30-20)27-9-11-28-12-10-27/h1-8,13,19,25H,9-12,15H2. The number of nitrogens with one attached hydrogen (secondary N) is 1. The predicted octanol–water partition coefficient (Wildman–Crippen LogP) is 4.40. The van der Waals surface area contributed by atoms with Gasteiger partial charge in [-0.2, -0.15) is 10.2 Å². The quantitative estimate of drug-likeness (QED) is 0.606. The third-order valence-electron chi connectivity index (χ3n) is 4.85. The minimum absolute atomic E-state index is 0.156. The summed E-state index contributed by atoms with van der Waals surface area (Å²) >= 11 is 1.71. The van der Waals surface area contributed by atoms with Gasteiger partial charge < -0.3 is 14.5 Å². The molecular formula is C22H21FN4O2S. The third-order valence-corrected chi connectivity index (χ3v) is 5.83. The van der Waals surface area contributed by atoms with Crippen molar-refractivity contribution in [2.75, 3.05) is 38.2 Å². The summed E-state index contributed by atoms with van der Waals surface area (Å²) in [6.45, 7) is 3.73. The average molecular weight is 425 g/mol. The Hall–Kier alpha value is -2.99. The molecule has 1 aliphatic heterocycles. The number of ether oxygens (including phenoxy) is 1. The number of hydrogen-bond donors (Lipinski definition) is 1. The number of oxazole rings is 1. The maximum atomic E-state index is 13.0. The molecule has 6 nitrogen and oxygen atoms in total. The molecule has 0 aliphatic carbocycles. The van der Waals surface area contributed by atoms with Crippen molar-refractivity contribution >= 4 is 29.4 Å². The second kappa shape index (κ2) is 9.67. The van der Waals surface area contributed by atoms with E-state index in [1.165, 1.54) is 17.0 Å². The molecule has 0 radical (unpaired) electrons. The van der Waals surface area contributed by atoms with E-state index in [0.29, 0.717) is 31.5 Å². The fourth-order valence-corrected chi connectivity index (χ4v) is 4.17. The maximum absolute atomic E-state index is 13.0. The molecule has 1 unspecified atom stereocenters. The van der Waals surface area contributed by atoms with E-state index in [2.05, 4.69) is 32.7 Å². The molecule has 8 heteroatoms. The van der Waals surface area contributed by atoms with E-state index < -0.39 is 0 Å². The first kappa shape index (κ1) is 20.3. The Labute approximate surface area is 178 Å². The lowest BCUT2D eigenvalue weighted by molar-refractivity contribution is 0.0193. The Morgan fingerprint density at radius 3 is 2.73 bits per heavy atom. The molecule has 2 aromatic heterocycles. The summed E-state index contributed by atoms with van der Waals surface area (Å²) in [5, 5.41) is 14.8. The Balaban J connectivity index is 1.47. The number of benzene rings is 1. The second-order valence-electron chi connectivity index (χ2n) is 6.79. The molecule has 0 bridgehead atoms. The lowest BCUT2D eigenvalue weighted by Gasteiger charge is -2.34. The molecule has 0 saturated carbocycles. The van der Waals surface area contributed by atoms with Gasteiger partial charge in [0.15, 0.2) is 0 Å². The number of anilines is 1. The lowest BCUT2D eigenvalue weighted by Crippen LogP contribution is -2.41. The largest absolute Gasteiger partial charge is 0.420 e. The molecule has 1 fully saturated rings. The van der Waals surface area contributed by atoms with E-state index >= 15 is 0 Å². The molecule has 3 heterocycles. The summed E-state index contributed by atoms with van der Waals surface area (Å²) in [4.78, 5) is 7.86. The van der Waals surface area contributed by atoms with Crippen molar-refractivity contribution in [3.8, 4) is 6.07 Å². The number of aromatic nitrogens is 1. The average Bonchev–Trinajstić information content (AvgIpc) is 3.44. The number of morpholine rings is 1. The van der Waals surface area contributed by atoms with Gasteiger partial charge in [0, 0.05) is 30.6 Å². The highest BCUT2D eigenvalue weighted by molar-refractivity contribution is 7.10. The maximum Gasteiger partial charge on any atom is 0.232 e. The van der Waals surface area contributed by atoms with Crippen molar-refractivity contribution < 1.29 is 13.5 Å². The van der Waals surface area contributed by atoms with Crippen molar-refractivity contribution in [3.05, 3.63) is 69.6 Å². The normalized spacial score (nSPS) is 15.9. The highest BCUT2D eigenvalue weighted by atomic mass is 32.1. The van der Waals surface area contributed by atoms with E-state index in [9.17, 15) is 9.65 Å². The number of thiophene rings is 1. The first-order valence-electron chi connectivity index (χ1n) is 9.66. The van der Waals surface area contributed by atoms with Crippen LogP contribution in [-0.4, -0.2) is 42.7 Å². The SMILES string of the molecule is N#Cc1nc(C=Cc2ccc(F)cc2)oc1NCC(c1cccs1)N1CCOCC1. The second-order valence-corrected chi connectivity index (χ2v) is 7.77. The Kier molecular flexibility index (Phi) is 6.54. The molecule has 30 heavy (non-hydrogen) atoms. The lowest BCUT2D eigenvalue weighted by atomic mass is 10.2. The van der Waals surface area contributed by atoms with Crippen LogP contribution in [0.15, 0.2) is 46.2 Å². The first-order valence-corrected chi connectivity index (χ1v) is 10.5. The van der Waals surface area contributed by atoms with Crippen molar-refractivity contribution in [2.24, 2.45) is 0 Å². The fourth-order valence-electron chi connectivity index (χ4n) is 3.31. The van der Waals surface area contributed by atoms with Gasteiger partial charge in [-0.15, -0.1) is 11.3 Å². The molecule has 1 atom stereocenters. The fraction of sp³-hybridized carbons (Fsp3) is 0.273. The monoisotopic (exact) mass is 424 g/mol. The molecule has 0 amide bonds. The zero-order valence-electron chi connectivity index (χ0n) is 16.3. The van der Waals surface area contributed by atoms with E-state index in [1.54, 1.807) is 35.6 Å². The number of halogens is 1. The molecule has 154 valence electrons. The van der Waals surface area contributed by atoms with Gasteiger partial charge in [0.2, 0.25) is 17.5 Å². The number of nitriles is 1. The topological polar surface area (TPSA) is 74.3 Å². The summed E-state index contributed by atoms with van der Waals surface area (Å²) in [5.41, 5.74) is 1.02. The summed E-state index contributed by atoms with van der Waals surface area (Å²) in [5.74, 6) is 0.380. The Bertz CT molecular complexity index is 1020. The van der Waals surface area contributed by atoms with Crippen LogP contribution < -0.4 is 5.32 Å². The minimum Gasteiger partial charge on any atom is -0.420 e. The van der Waals surface area contributed by atoms with Gasteiger partial charge in [0.25, 0.3) is 0 Å². The summed E-state index contributed by atoms with van der Waals surface area (Å²) in [6.07, 6.45) is 3.43. The van der Waals surface area contributed by atoms with Gasteiger partial charge in [0.1, 0.15) is 11.9 Å². The van der Waals surface area contributed by atoms with Gasteiger partial charge in [-0.3, -0.25) is 4.90 Å². The van der Waals surface area contributed by atoms with Crippen LogP contribution in [0, 0.1) is 17.1 Å². The van der Waals surface area contributed by atoms with Gasteiger partial charge in [-0.25, -0.2) is 4.39 Å². The molecule has 1 aliphatic rings. The van der Waals surface area contributed by atoms with Gasteiger partial charge in [-0.1, -0.05) is 18.2 Å². The molecular weight excluding hydrogens is 403 g/mol. The first-order chi connectivity index (χ1) is 14.7. The predicted molar refractivity (Wildman–Crippen MR) is 114 cm³/mol. The molecule has 4 rings (SSSR count). The molecule has 3 aromatic rings. The summed E-state index contributed by atoms with van der Waals surface area (Å²) in [6, 6.07) is 12.5. The summed E-state index contributed by atoms with van der Waals surface area (Å²) < 4.78 is 24.3. The third kappa shape index (κ3) is 4.94. The number of hydrogen-bond acceptors (Lipinski definition) is 7. The van der Waals surface area contributed by atoms with Crippen LogP contribution in [0.5, 0.6) is 0 Å². The zero-order valence-corrected chi connectivity index (χ0v) is 17.1. The highest BCUT2D eigenvalue weighted by Crippen LogP contribution is 2.27. The number of rotatable bonds is 7. The van der Waals surface area contributed by atoms with E-state index in [0.717, 1.165) is 18.7 Å². The van der Waals surface area contributed by atoms with E-state index in [-0.39, 0.29) is 17.6 Å². The van der Waals surface area contributed by atoms with E-state index in [1.807, 2.05) is 6.07 Å². The smallest absolute Gasteiger partial charge is 0.232 e. The van der Waals surface area contributed by atoms with Gasteiger partial charge >= 0.3 is 0 Å². The van der Waals surface area contributed by atoms with Crippen LogP contribution in [-0.2, 0) is 4.74 Å². The Morgan fingerprint density at radius 2 is 2.03 bits per heavy atom. The number of nitrogens with zero attached hydrogens (tertiary/aromatic N) is 3. The van der Waals surface area contributed by atoms with Gasteiger partial charge in [0.05, 0.1) is 19.3 Å². The van der Waals surface area contributed by atoms with Crippen LogP contribution in [0.25, 0.3) is 12.2 Å². The van der Waals surface area contributed by atoms with Crippen molar-refractivity contribution in [2.45, 2.75) is 6.04 Å². The van der Waals surface area contributed by atoms with Crippen LogP contribution in [0.4, 0.5) is 10.3 Å². The van der Waals surface area contributed by atoms with Crippen LogP contribution >= 0.6 is 11.3 Å². The van der Waals surface area contributed by atoms with Crippen LogP contribution in [0.3, 0.4) is 0 Å². The van der Waals surface area contributed by atoms with Crippen LogP contribution in [0.1, 0.15) is 28.1 Å². The van der Waals surface area contributed by atoms with Crippen molar-refractivity contribution in [3.63, 3.8) is 0 Å². The van der Waals surface area contributed by atoms with Crippen LogP contribution in [0.2, 0.25) is 0 Å². The van der Waals surface area contributed by atoms with Crippen molar-refractivity contribution in [1.29, 1.82) is 5.26 Å². The minimum atomic E-state index is -0.290. The molecule has 0 spiro atoms. The summed E-state index contributed by atoms with van der Waals surface area (Å²) in [7, 11) is 0. The van der Waals surface area contributed by atoms with Gasteiger partial charge in [-0.05, 0) is 35.2 Å². The van der Waals surface area contributed by atoms with Crippen molar-refractivity contribution in [1.82, 2.24) is 9.88 Å². The molecule has 1 N–H and O–H groups in total. The zero-order chi connectivity index (χ0) is 20.8. The molecule has 1 aromatic carbocycles. The Morgan fingerprint density at radius 1 is 1.23 bits per heavy atom. The molecule has 1 saturated heterocycles. The van der Waals surface area contributed by atoms with E-state index in [4.69, 9.17) is 9.15 Å². The highest BCUT2D eigenvalue weighted by Gasteiger charge is 2.24.